The molecule has 0 amide bonds. The zero-order chi connectivity index (χ0) is 12.5. The number of thiophene rings is 2. The Hall–Kier alpha value is -1.65. The molecule has 0 saturated heterocycles. The first-order chi connectivity index (χ1) is 8.78. The third kappa shape index (κ3) is 1.94. The number of carbonyl (C=O) groups is 1. The smallest absolute Gasteiger partial charge is 0.160 e. The van der Waals surface area contributed by atoms with Crippen molar-refractivity contribution in [3.05, 3.63) is 47.5 Å². The van der Waals surface area contributed by atoms with E-state index in [0.29, 0.717) is 0 Å². The van der Waals surface area contributed by atoms with Crippen molar-refractivity contribution in [2.75, 3.05) is 0 Å². The average molecular weight is 273 g/mol. The van der Waals surface area contributed by atoms with Gasteiger partial charge in [-0.15, -0.1) is 22.7 Å². The maximum Gasteiger partial charge on any atom is 0.160 e. The Kier molecular flexibility index (Phi) is 2.89. The molecule has 3 aromatic heterocycles. The summed E-state index contributed by atoms with van der Waals surface area (Å²) in [5, 5.41) is 0. The number of aromatic nitrogens is 1. The Morgan fingerprint density at radius 2 is 1.72 bits per heavy atom. The van der Waals surface area contributed by atoms with Crippen LogP contribution in [0.25, 0.3) is 20.3 Å². The van der Waals surface area contributed by atoms with Gasteiger partial charge in [-0.05, 0) is 36.4 Å². The molecule has 0 aliphatic carbocycles. The van der Waals surface area contributed by atoms with Crippen molar-refractivity contribution in [1.82, 2.24) is 4.57 Å². The van der Waals surface area contributed by atoms with E-state index in [1.165, 1.54) is 26.8 Å². The highest BCUT2D eigenvalue weighted by Crippen LogP contribution is 2.37. The van der Waals surface area contributed by atoms with Crippen LogP contribution < -0.4 is 0 Å². The highest BCUT2D eigenvalue weighted by Gasteiger charge is 2.08. The summed E-state index contributed by atoms with van der Waals surface area (Å²) in [4.78, 5) is 15.1. The van der Waals surface area contributed by atoms with Crippen molar-refractivity contribution in [2.24, 2.45) is 7.05 Å². The van der Waals surface area contributed by atoms with Gasteiger partial charge in [0.15, 0.2) is 6.29 Å². The second-order valence-electron chi connectivity index (χ2n) is 3.99. The van der Waals surface area contributed by atoms with Crippen LogP contribution in [0.15, 0.2) is 42.6 Å². The zero-order valence-corrected chi connectivity index (χ0v) is 11.4. The minimum absolute atomic E-state index is 0.777. The number of nitrogens with zero attached hydrogens (tertiary/aromatic N) is 1. The molecule has 0 aliphatic heterocycles. The Bertz CT molecular complexity index is 690. The second kappa shape index (κ2) is 4.55. The number of aldehydes is 1. The summed E-state index contributed by atoms with van der Waals surface area (Å²) in [5.41, 5.74) is 1.22. The molecule has 0 aromatic carbocycles. The van der Waals surface area contributed by atoms with E-state index >= 15 is 0 Å². The van der Waals surface area contributed by atoms with E-state index < -0.39 is 0 Å². The standard InChI is InChI=1S/C14H11NOS2/c1-15-8-2-3-11(15)12-6-7-14(18-12)13-5-4-10(9-16)17-13/h2-9H,1H3. The second-order valence-corrected chi connectivity index (χ2v) is 6.19. The summed E-state index contributed by atoms with van der Waals surface area (Å²) < 4.78 is 2.11. The molecule has 0 fully saturated rings. The Labute approximate surface area is 113 Å². The van der Waals surface area contributed by atoms with Crippen molar-refractivity contribution in [3.63, 3.8) is 0 Å². The van der Waals surface area contributed by atoms with E-state index in [4.69, 9.17) is 0 Å². The van der Waals surface area contributed by atoms with Gasteiger partial charge in [0.05, 0.1) is 15.4 Å². The molecule has 0 N–H and O–H groups in total. The van der Waals surface area contributed by atoms with Gasteiger partial charge in [-0.2, -0.15) is 0 Å². The van der Waals surface area contributed by atoms with Crippen LogP contribution in [0.5, 0.6) is 0 Å². The normalized spacial score (nSPS) is 10.7. The van der Waals surface area contributed by atoms with Crippen LogP contribution >= 0.6 is 22.7 Å². The van der Waals surface area contributed by atoms with E-state index in [1.807, 2.05) is 31.4 Å². The first kappa shape index (κ1) is 11.4. The van der Waals surface area contributed by atoms with Crippen LogP contribution in [0.1, 0.15) is 9.67 Å². The lowest BCUT2D eigenvalue weighted by molar-refractivity contribution is 0.112. The number of hydrogen-bond donors (Lipinski definition) is 0. The fourth-order valence-electron chi connectivity index (χ4n) is 1.87. The topological polar surface area (TPSA) is 22.0 Å². The number of carbonyl (C=O) groups excluding carboxylic acids is 1. The van der Waals surface area contributed by atoms with Crippen LogP contribution in [-0.2, 0) is 7.05 Å². The van der Waals surface area contributed by atoms with Crippen molar-refractivity contribution in [1.29, 1.82) is 0 Å². The predicted molar refractivity (Wildman–Crippen MR) is 77.4 cm³/mol. The third-order valence-corrected chi connectivity index (χ3v) is 5.10. The number of hydrogen-bond acceptors (Lipinski definition) is 3. The molecular weight excluding hydrogens is 262 g/mol. The summed E-state index contributed by atoms with van der Waals surface area (Å²) >= 11 is 3.29. The van der Waals surface area contributed by atoms with Gasteiger partial charge in [0.1, 0.15) is 0 Å². The van der Waals surface area contributed by atoms with Gasteiger partial charge >= 0.3 is 0 Å². The lowest BCUT2D eigenvalue weighted by Gasteiger charge is -1.98. The van der Waals surface area contributed by atoms with Crippen molar-refractivity contribution < 1.29 is 4.79 Å². The third-order valence-electron chi connectivity index (χ3n) is 2.79. The predicted octanol–water partition coefficient (Wildman–Crippen LogP) is 4.29. The summed E-state index contributed by atoms with van der Waals surface area (Å²) in [6.07, 6.45) is 2.95. The molecule has 0 spiro atoms. The van der Waals surface area contributed by atoms with Gasteiger partial charge in [-0.25, -0.2) is 0 Å². The van der Waals surface area contributed by atoms with Gasteiger partial charge in [0.2, 0.25) is 0 Å². The molecule has 0 saturated carbocycles. The first-order valence-electron chi connectivity index (χ1n) is 5.55. The zero-order valence-electron chi connectivity index (χ0n) is 9.79. The minimum atomic E-state index is 0.777. The van der Waals surface area contributed by atoms with E-state index in [-0.39, 0.29) is 0 Å². The summed E-state index contributed by atoms with van der Waals surface area (Å²) in [7, 11) is 2.05. The molecule has 3 heterocycles. The molecule has 18 heavy (non-hydrogen) atoms. The van der Waals surface area contributed by atoms with Crippen molar-refractivity contribution in [3.8, 4) is 20.3 Å². The fraction of sp³-hybridized carbons (Fsp3) is 0.0714. The maximum absolute atomic E-state index is 10.7. The van der Waals surface area contributed by atoms with Crippen molar-refractivity contribution >= 4 is 29.0 Å². The summed E-state index contributed by atoms with van der Waals surface area (Å²) in [6, 6.07) is 12.3. The Balaban J connectivity index is 1.99. The van der Waals surface area contributed by atoms with Crippen LogP contribution in [-0.4, -0.2) is 10.9 Å². The Morgan fingerprint density at radius 3 is 2.39 bits per heavy atom. The quantitative estimate of drug-likeness (QED) is 0.652. The highest BCUT2D eigenvalue weighted by atomic mass is 32.1. The fourth-order valence-corrected chi connectivity index (χ4v) is 3.86. The van der Waals surface area contributed by atoms with Crippen LogP contribution in [0, 0.1) is 0 Å². The van der Waals surface area contributed by atoms with Gasteiger partial charge in [0, 0.05) is 23.0 Å². The van der Waals surface area contributed by atoms with E-state index in [9.17, 15) is 4.79 Å². The Morgan fingerprint density at radius 1 is 1.00 bits per heavy atom. The van der Waals surface area contributed by atoms with Crippen LogP contribution in [0.4, 0.5) is 0 Å². The molecule has 0 atom stereocenters. The highest BCUT2D eigenvalue weighted by molar-refractivity contribution is 7.24. The molecule has 0 aliphatic rings. The number of aryl methyl sites for hydroxylation is 1. The molecule has 3 aromatic rings. The molecule has 2 nitrogen and oxygen atoms in total. The van der Waals surface area contributed by atoms with Gasteiger partial charge in [0.25, 0.3) is 0 Å². The molecule has 0 unspecified atom stereocenters. The van der Waals surface area contributed by atoms with Gasteiger partial charge in [-0.1, -0.05) is 0 Å². The largest absolute Gasteiger partial charge is 0.350 e. The monoisotopic (exact) mass is 273 g/mol. The minimum Gasteiger partial charge on any atom is -0.350 e. The molecule has 90 valence electrons. The van der Waals surface area contributed by atoms with Gasteiger partial charge < -0.3 is 4.57 Å². The maximum atomic E-state index is 10.7. The molecule has 0 radical (unpaired) electrons. The van der Waals surface area contributed by atoms with Crippen LogP contribution in [0.3, 0.4) is 0 Å². The number of rotatable bonds is 3. The van der Waals surface area contributed by atoms with E-state index in [2.05, 4.69) is 22.8 Å². The van der Waals surface area contributed by atoms with Crippen LogP contribution in [0.2, 0.25) is 0 Å². The SMILES string of the molecule is Cn1cccc1-c1ccc(-c2ccc(C=O)s2)s1. The lowest BCUT2D eigenvalue weighted by Crippen LogP contribution is -1.85. The van der Waals surface area contributed by atoms with E-state index in [1.54, 1.807) is 11.3 Å². The lowest BCUT2D eigenvalue weighted by atomic mass is 10.3. The van der Waals surface area contributed by atoms with E-state index in [0.717, 1.165) is 16.0 Å². The molecule has 4 heteroatoms. The molecule has 3 rings (SSSR count). The molecular formula is C14H11NOS2. The molecule has 0 bridgehead atoms. The van der Waals surface area contributed by atoms with Crippen molar-refractivity contribution in [2.45, 2.75) is 0 Å². The summed E-state index contributed by atoms with van der Waals surface area (Å²) in [5.74, 6) is 0. The first-order valence-corrected chi connectivity index (χ1v) is 7.18. The summed E-state index contributed by atoms with van der Waals surface area (Å²) in [6.45, 7) is 0. The van der Waals surface area contributed by atoms with Gasteiger partial charge in [-0.3, -0.25) is 4.79 Å². The average Bonchev–Trinajstić information content (AvgIpc) is 3.07.